The molecule has 1 heterocycles. The lowest BCUT2D eigenvalue weighted by Gasteiger charge is -2.14. The summed E-state index contributed by atoms with van der Waals surface area (Å²) >= 11 is 6.18. The Hall–Kier alpha value is -2.84. The van der Waals surface area contributed by atoms with Crippen molar-refractivity contribution in [3.63, 3.8) is 0 Å². The van der Waals surface area contributed by atoms with Crippen molar-refractivity contribution in [2.75, 3.05) is 0 Å². The number of fused-ring (bicyclic) bond motifs is 1. The van der Waals surface area contributed by atoms with Gasteiger partial charge in [0.05, 0.1) is 5.69 Å². The topological polar surface area (TPSA) is 22.1 Å². The highest BCUT2D eigenvalue weighted by Crippen LogP contribution is 2.35. The van der Waals surface area contributed by atoms with E-state index < -0.39 is 0 Å². The molecule has 0 spiro atoms. The maximum atomic E-state index is 6.18. The number of rotatable bonds is 4. The Kier molecular flexibility index (Phi) is 4.59. The van der Waals surface area contributed by atoms with E-state index in [0.29, 0.717) is 6.61 Å². The van der Waals surface area contributed by atoms with E-state index in [9.17, 15) is 0 Å². The summed E-state index contributed by atoms with van der Waals surface area (Å²) in [7, 11) is 0. The first-order valence-corrected chi connectivity index (χ1v) is 8.91. The Morgan fingerprint density at radius 2 is 1.69 bits per heavy atom. The first kappa shape index (κ1) is 16.6. The Balaban J connectivity index is 1.79. The molecule has 26 heavy (non-hydrogen) atoms. The smallest absolute Gasteiger partial charge is 0.148 e. The highest BCUT2D eigenvalue weighted by Gasteiger charge is 2.12. The third kappa shape index (κ3) is 3.29. The van der Waals surface area contributed by atoms with Crippen LogP contribution in [0.4, 0.5) is 0 Å². The van der Waals surface area contributed by atoms with Gasteiger partial charge in [-0.05, 0) is 35.7 Å². The lowest BCUT2D eigenvalue weighted by atomic mass is 9.99. The molecule has 0 N–H and O–H groups in total. The highest BCUT2D eigenvalue weighted by atomic mass is 35.5. The van der Waals surface area contributed by atoms with Crippen LogP contribution in [-0.4, -0.2) is 4.98 Å². The lowest BCUT2D eigenvalue weighted by Crippen LogP contribution is -1.99. The van der Waals surface area contributed by atoms with Gasteiger partial charge in [0.25, 0.3) is 0 Å². The fourth-order valence-corrected chi connectivity index (χ4v) is 3.33. The van der Waals surface area contributed by atoms with E-state index in [1.165, 1.54) is 0 Å². The number of hydrogen-bond acceptors (Lipinski definition) is 2. The number of benzene rings is 3. The zero-order valence-electron chi connectivity index (χ0n) is 14.4. The van der Waals surface area contributed by atoms with Gasteiger partial charge in [0.15, 0.2) is 0 Å². The molecule has 3 heteroatoms. The standard InChI is InChI=1S/C23H18ClNO/c1-16-23(26-15-17-7-3-2-4-8-17)21-12-6-11-20(22(21)14-25-16)18-9-5-10-19(24)13-18/h2-14H,15H2,1H3. The molecule has 0 bridgehead atoms. The summed E-state index contributed by atoms with van der Waals surface area (Å²) in [6.45, 7) is 2.50. The van der Waals surface area contributed by atoms with Crippen LogP contribution in [0.2, 0.25) is 5.02 Å². The first-order chi connectivity index (χ1) is 12.7. The van der Waals surface area contributed by atoms with Gasteiger partial charge in [0.2, 0.25) is 0 Å². The molecular formula is C23H18ClNO. The van der Waals surface area contributed by atoms with Gasteiger partial charge in [-0.3, -0.25) is 4.98 Å². The number of halogens is 1. The molecule has 0 saturated carbocycles. The van der Waals surface area contributed by atoms with Gasteiger partial charge >= 0.3 is 0 Å². The summed E-state index contributed by atoms with van der Waals surface area (Å²) in [6.07, 6.45) is 1.91. The second-order valence-electron chi connectivity index (χ2n) is 6.22. The van der Waals surface area contributed by atoms with Crippen LogP contribution in [0.25, 0.3) is 21.9 Å². The van der Waals surface area contributed by atoms with E-state index in [4.69, 9.17) is 16.3 Å². The van der Waals surface area contributed by atoms with Crippen LogP contribution < -0.4 is 4.74 Å². The lowest BCUT2D eigenvalue weighted by molar-refractivity contribution is 0.306. The molecule has 0 amide bonds. The fourth-order valence-electron chi connectivity index (χ4n) is 3.14. The zero-order valence-corrected chi connectivity index (χ0v) is 15.2. The third-order valence-corrected chi connectivity index (χ3v) is 4.66. The van der Waals surface area contributed by atoms with Crippen molar-refractivity contribution < 1.29 is 4.74 Å². The molecule has 0 atom stereocenters. The SMILES string of the molecule is Cc1ncc2c(-c3cccc(Cl)c3)cccc2c1OCc1ccccc1. The summed E-state index contributed by atoms with van der Waals surface area (Å²) < 4.78 is 6.16. The van der Waals surface area contributed by atoms with Crippen LogP contribution in [0.15, 0.2) is 79.0 Å². The van der Waals surface area contributed by atoms with Gasteiger partial charge in [-0.1, -0.05) is 72.3 Å². The molecule has 4 aromatic rings. The van der Waals surface area contributed by atoms with Gasteiger partial charge in [-0.15, -0.1) is 0 Å². The molecule has 0 radical (unpaired) electrons. The summed E-state index contributed by atoms with van der Waals surface area (Å²) in [6, 6.07) is 24.3. The van der Waals surface area contributed by atoms with E-state index >= 15 is 0 Å². The van der Waals surface area contributed by atoms with E-state index in [0.717, 1.165) is 43.9 Å². The van der Waals surface area contributed by atoms with Crippen LogP contribution in [0, 0.1) is 6.92 Å². The number of aryl methyl sites for hydroxylation is 1. The number of ether oxygens (including phenoxy) is 1. The van der Waals surface area contributed by atoms with Crippen molar-refractivity contribution in [2.45, 2.75) is 13.5 Å². The van der Waals surface area contributed by atoms with Crippen molar-refractivity contribution >= 4 is 22.4 Å². The third-order valence-electron chi connectivity index (χ3n) is 4.43. The molecular weight excluding hydrogens is 342 g/mol. The number of aromatic nitrogens is 1. The average Bonchev–Trinajstić information content (AvgIpc) is 2.67. The largest absolute Gasteiger partial charge is 0.486 e. The van der Waals surface area contributed by atoms with Gasteiger partial charge in [0.1, 0.15) is 12.4 Å². The molecule has 2 nitrogen and oxygen atoms in total. The Bertz CT molecular complexity index is 1060. The van der Waals surface area contributed by atoms with E-state index in [1.54, 1.807) is 0 Å². The molecule has 4 rings (SSSR count). The molecule has 0 aliphatic carbocycles. The maximum absolute atomic E-state index is 6.18. The first-order valence-electron chi connectivity index (χ1n) is 8.53. The van der Waals surface area contributed by atoms with Crippen LogP contribution in [0.5, 0.6) is 5.75 Å². The number of nitrogens with zero attached hydrogens (tertiary/aromatic N) is 1. The fraction of sp³-hybridized carbons (Fsp3) is 0.0870. The van der Waals surface area contributed by atoms with E-state index in [2.05, 4.69) is 35.3 Å². The van der Waals surface area contributed by atoms with Crippen LogP contribution in [0.3, 0.4) is 0 Å². The minimum Gasteiger partial charge on any atom is -0.486 e. The van der Waals surface area contributed by atoms with Gasteiger partial charge in [-0.2, -0.15) is 0 Å². The van der Waals surface area contributed by atoms with Crippen LogP contribution in [0.1, 0.15) is 11.3 Å². The minimum atomic E-state index is 0.518. The molecule has 3 aromatic carbocycles. The summed E-state index contributed by atoms with van der Waals surface area (Å²) in [5.74, 6) is 0.829. The zero-order chi connectivity index (χ0) is 17.9. The van der Waals surface area contributed by atoms with Crippen molar-refractivity contribution in [3.8, 4) is 16.9 Å². The molecule has 0 unspecified atom stereocenters. The monoisotopic (exact) mass is 359 g/mol. The molecule has 0 saturated heterocycles. The molecule has 0 aliphatic heterocycles. The average molecular weight is 360 g/mol. The molecule has 0 aliphatic rings. The van der Waals surface area contributed by atoms with Crippen molar-refractivity contribution in [1.82, 2.24) is 4.98 Å². The summed E-state index contributed by atoms with van der Waals surface area (Å²) in [4.78, 5) is 4.57. The number of pyridine rings is 1. The summed E-state index contributed by atoms with van der Waals surface area (Å²) in [5.41, 5.74) is 4.19. The van der Waals surface area contributed by atoms with Crippen LogP contribution >= 0.6 is 11.6 Å². The van der Waals surface area contributed by atoms with E-state index in [1.807, 2.05) is 55.6 Å². The summed E-state index contributed by atoms with van der Waals surface area (Å²) in [5, 5.41) is 2.84. The van der Waals surface area contributed by atoms with Gasteiger partial charge in [0, 0.05) is 22.0 Å². The second kappa shape index (κ2) is 7.19. The second-order valence-corrected chi connectivity index (χ2v) is 6.66. The highest BCUT2D eigenvalue weighted by molar-refractivity contribution is 6.30. The maximum Gasteiger partial charge on any atom is 0.148 e. The van der Waals surface area contributed by atoms with Gasteiger partial charge in [-0.25, -0.2) is 0 Å². The quantitative estimate of drug-likeness (QED) is 0.418. The van der Waals surface area contributed by atoms with Crippen molar-refractivity contribution in [2.24, 2.45) is 0 Å². The molecule has 0 fully saturated rings. The van der Waals surface area contributed by atoms with Gasteiger partial charge < -0.3 is 4.74 Å². The minimum absolute atomic E-state index is 0.518. The predicted molar refractivity (Wildman–Crippen MR) is 108 cm³/mol. The normalized spacial score (nSPS) is 10.8. The van der Waals surface area contributed by atoms with Crippen molar-refractivity contribution in [1.29, 1.82) is 0 Å². The number of hydrogen-bond donors (Lipinski definition) is 0. The Labute approximate surface area is 158 Å². The predicted octanol–water partition coefficient (Wildman–Crippen LogP) is 6.44. The van der Waals surface area contributed by atoms with Crippen LogP contribution in [-0.2, 0) is 6.61 Å². The van der Waals surface area contributed by atoms with E-state index in [-0.39, 0.29) is 0 Å². The Morgan fingerprint density at radius 1 is 0.885 bits per heavy atom. The molecule has 128 valence electrons. The van der Waals surface area contributed by atoms with Crippen molar-refractivity contribution in [3.05, 3.63) is 95.3 Å². The molecule has 1 aromatic heterocycles. The Morgan fingerprint density at radius 3 is 2.50 bits per heavy atom.